The molecule has 1 N–H and O–H groups in total. The van der Waals surface area contributed by atoms with Crippen LogP contribution < -0.4 is 5.32 Å². The first-order valence-corrected chi connectivity index (χ1v) is 3.68. The van der Waals surface area contributed by atoms with Crippen LogP contribution in [0.2, 0.25) is 0 Å². The van der Waals surface area contributed by atoms with Gasteiger partial charge in [-0.1, -0.05) is 0 Å². The minimum absolute atomic E-state index is 0.0136. The van der Waals surface area contributed by atoms with E-state index in [0.29, 0.717) is 0 Å². The maximum Gasteiger partial charge on any atom is 0.248 e. The summed E-state index contributed by atoms with van der Waals surface area (Å²) in [5.74, 6) is 0.0136. The molecule has 0 bridgehead atoms. The van der Waals surface area contributed by atoms with Gasteiger partial charge in [0.25, 0.3) is 0 Å². The van der Waals surface area contributed by atoms with Gasteiger partial charge in [0.1, 0.15) is 6.10 Å². The topological polar surface area (TPSA) is 38.3 Å². The van der Waals surface area contributed by atoms with Crippen LogP contribution >= 0.6 is 0 Å². The molecule has 1 rings (SSSR count). The normalized spacial score (nSPS) is 25.9. The van der Waals surface area contributed by atoms with E-state index >= 15 is 0 Å². The van der Waals surface area contributed by atoms with Gasteiger partial charge in [0.05, 0.1) is 0 Å². The number of nitrogens with one attached hydrogen (secondary N) is 1. The first kappa shape index (κ1) is 7.54. The van der Waals surface area contributed by atoms with Crippen LogP contribution in [-0.2, 0) is 9.53 Å². The van der Waals surface area contributed by atoms with Crippen molar-refractivity contribution in [3.05, 3.63) is 0 Å². The average molecular weight is 143 g/mol. The van der Waals surface area contributed by atoms with E-state index in [2.05, 4.69) is 5.32 Å². The lowest BCUT2D eigenvalue weighted by atomic mass is 10.1. The zero-order valence-electron chi connectivity index (χ0n) is 6.22. The third-order valence-corrected chi connectivity index (χ3v) is 1.72. The number of carbonyl (C=O) groups excluding carboxylic acids is 1. The highest BCUT2D eigenvalue weighted by Gasteiger charge is 2.19. The molecule has 0 aromatic rings. The van der Waals surface area contributed by atoms with E-state index in [1.165, 1.54) is 0 Å². The highest BCUT2D eigenvalue weighted by molar-refractivity contribution is 5.80. The third-order valence-electron chi connectivity index (χ3n) is 1.72. The Morgan fingerprint density at radius 1 is 1.60 bits per heavy atom. The van der Waals surface area contributed by atoms with Crippen LogP contribution in [0.1, 0.15) is 19.3 Å². The van der Waals surface area contributed by atoms with Crippen LogP contribution in [0.15, 0.2) is 0 Å². The van der Waals surface area contributed by atoms with E-state index in [1.807, 2.05) is 0 Å². The summed E-state index contributed by atoms with van der Waals surface area (Å²) in [6, 6.07) is 0. The van der Waals surface area contributed by atoms with Gasteiger partial charge in [-0.05, 0) is 19.3 Å². The maximum atomic E-state index is 10.9. The zero-order chi connectivity index (χ0) is 7.40. The predicted molar refractivity (Wildman–Crippen MR) is 37.7 cm³/mol. The smallest absolute Gasteiger partial charge is 0.248 e. The summed E-state index contributed by atoms with van der Waals surface area (Å²) >= 11 is 0. The molecule has 0 unspecified atom stereocenters. The van der Waals surface area contributed by atoms with Crippen molar-refractivity contribution >= 4 is 5.91 Å². The van der Waals surface area contributed by atoms with Crippen LogP contribution in [-0.4, -0.2) is 25.7 Å². The second kappa shape index (κ2) is 3.56. The summed E-state index contributed by atoms with van der Waals surface area (Å²) in [5, 5.41) is 2.57. The van der Waals surface area contributed by atoms with Gasteiger partial charge < -0.3 is 10.1 Å². The molecule has 1 aliphatic heterocycles. The van der Waals surface area contributed by atoms with Crippen molar-refractivity contribution in [1.29, 1.82) is 0 Å². The average Bonchev–Trinajstić information content (AvgIpc) is 2.05. The van der Waals surface area contributed by atoms with E-state index in [9.17, 15) is 4.79 Å². The molecule has 0 spiro atoms. The summed E-state index contributed by atoms with van der Waals surface area (Å²) in [5.41, 5.74) is 0. The molecule has 1 amide bonds. The summed E-state index contributed by atoms with van der Waals surface area (Å²) < 4.78 is 5.22. The molecule has 0 radical (unpaired) electrons. The summed E-state index contributed by atoms with van der Waals surface area (Å²) in [6.45, 7) is 0.734. The molecule has 1 fully saturated rings. The maximum absolute atomic E-state index is 10.9. The first-order chi connectivity index (χ1) is 4.84. The van der Waals surface area contributed by atoms with Gasteiger partial charge in [-0.25, -0.2) is 0 Å². The Labute approximate surface area is 60.7 Å². The van der Waals surface area contributed by atoms with Gasteiger partial charge in [-0.15, -0.1) is 0 Å². The van der Waals surface area contributed by atoms with Crippen molar-refractivity contribution in [2.45, 2.75) is 25.4 Å². The Hall–Kier alpha value is -0.570. The molecule has 0 aromatic carbocycles. The first-order valence-electron chi connectivity index (χ1n) is 3.68. The van der Waals surface area contributed by atoms with Gasteiger partial charge in [-0.3, -0.25) is 4.79 Å². The number of carbonyl (C=O) groups is 1. The van der Waals surface area contributed by atoms with E-state index in [-0.39, 0.29) is 12.0 Å². The molecular weight excluding hydrogens is 130 g/mol. The van der Waals surface area contributed by atoms with E-state index in [0.717, 1.165) is 25.9 Å². The molecular formula is C7H13NO2. The number of rotatable bonds is 1. The van der Waals surface area contributed by atoms with Crippen LogP contribution in [0.25, 0.3) is 0 Å². The molecule has 1 aliphatic rings. The Bertz CT molecular complexity index is 119. The highest BCUT2D eigenvalue weighted by atomic mass is 16.5. The van der Waals surface area contributed by atoms with Crippen molar-refractivity contribution in [1.82, 2.24) is 5.32 Å². The second-order valence-corrected chi connectivity index (χ2v) is 2.47. The van der Waals surface area contributed by atoms with Crippen LogP contribution in [0.3, 0.4) is 0 Å². The lowest BCUT2D eigenvalue weighted by molar-refractivity contribution is -0.134. The molecule has 1 atom stereocenters. The van der Waals surface area contributed by atoms with E-state index in [1.54, 1.807) is 7.05 Å². The number of amides is 1. The molecule has 0 saturated carbocycles. The fourth-order valence-electron chi connectivity index (χ4n) is 1.11. The Balaban J connectivity index is 2.31. The van der Waals surface area contributed by atoms with Gasteiger partial charge in [0.15, 0.2) is 0 Å². The Kier molecular flexibility index (Phi) is 2.68. The predicted octanol–water partition coefficient (Wildman–Crippen LogP) is 0.301. The van der Waals surface area contributed by atoms with Gasteiger partial charge >= 0.3 is 0 Å². The van der Waals surface area contributed by atoms with E-state index < -0.39 is 0 Å². The lowest BCUT2D eigenvalue weighted by Crippen LogP contribution is -2.36. The van der Waals surface area contributed by atoms with Gasteiger partial charge in [0, 0.05) is 13.7 Å². The molecule has 0 aromatic heterocycles. The highest BCUT2D eigenvalue weighted by Crippen LogP contribution is 2.11. The number of hydrogen-bond acceptors (Lipinski definition) is 2. The molecule has 10 heavy (non-hydrogen) atoms. The fourth-order valence-corrected chi connectivity index (χ4v) is 1.11. The van der Waals surface area contributed by atoms with Crippen LogP contribution in [0.4, 0.5) is 0 Å². The third kappa shape index (κ3) is 1.70. The minimum atomic E-state index is -0.182. The molecule has 3 heteroatoms. The minimum Gasteiger partial charge on any atom is -0.368 e. The zero-order valence-corrected chi connectivity index (χ0v) is 6.22. The number of ether oxygens (including phenoxy) is 1. The molecule has 0 aliphatic carbocycles. The van der Waals surface area contributed by atoms with Gasteiger partial charge in [0.2, 0.25) is 5.91 Å². The van der Waals surface area contributed by atoms with Crippen molar-refractivity contribution in [3.8, 4) is 0 Å². The van der Waals surface area contributed by atoms with Crippen molar-refractivity contribution in [2.75, 3.05) is 13.7 Å². The van der Waals surface area contributed by atoms with Crippen LogP contribution in [0, 0.1) is 0 Å². The number of likely N-dealkylation sites (N-methyl/N-ethyl adjacent to an activating group) is 1. The molecule has 58 valence electrons. The largest absolute Gasteiger partial charge is 0.368 e. The fraction of sp³-hybridized carbons (Fsp3) is 0.857. The van der Waals surface area contributed by atoms with Crippen LogP contribution in [0.5, 0.6) is 0 Å². The molecule has 1 saturated heterocycles. The molecule has 3 nitrogen and oxygen atoms in total. The van der Waals surface area contributed by atoms with Crippen molar-refractivity contribution < 1.29 is 9.53 Å². The van der Waals surface area contributed by atoms with Crippen molar-refractivity contribution in [2.24, 2.45) is 0 Å². The monoisotopic (exact) mass is 143 g/mol. The van der Waals surface area contributed by atoms with Crippen molar-refractivity contribution in [3.63, 3.8) is 0 Å². The second-order valence-electron chi connectivity index (χ2n) is 2.47. The van der Waals surface area contributed by atoms with E-state index in [4.69, 9.17) is 4.74 Å². The lowest BCUT2D eigenvalue weighted by Gasteiger charge is -2.20. The summed E-state index contributed by atoms with van der Waals surface area (Å²) in [6.07, 6.45) is 2.89. The number of hydrogen-bond donors (Lipinski definition) is 1. The van der Waals surface area contributed by atoms with Gasteiger partial charge in [-0.2, -0.15) is 0 Å². The quantitative estimate of drug-likeness (QED) is 0.573. The SMILES string of the molecule is CNC(=O)[C@@H]1CCCCO1. The summed E-state index contributed by atoms with van der Waals surface area (Å²) in [4.78, 5) is 10.9. The Morgan fingerprint density at radius 3 is 2.90 bits per heavy atom. The summed E-state index contributed by atoms with van der Waals surface area (Å²) in [7, 11) is 1.64. The Morgan fingerprint density at radius 2 is 2.40 bits per heavy atom. The molecule has 1 heterocycles. The standard InChI is InChI=1S/C7H13NO2/c1-8-7(9)6-4-2-3-5-10-6/h6H,2-5H2,1H3,(H,8,9)/t6-/m0/s1.